The van der Waals surface area contributed by atoms with Crippen LogP contribution < -0.4 is 5.32 Å². The minimum absolute atomic E-state index is 0.594. The summed E-state index contributed by atoms with van der Waals surface area (Å²) in [6, 6.07) is -2.04. The SMILES string of the molecule is [2H]C1=C(C(=O)OC)O[C@@H]([C@H](OC(C)=O)[C@@H](COC(C)=O)OC(C)=O)[C@H](NC(C)=O)[C@H]1OC(C)=O. The van der Waals surface area contributed by atoms with Crippen molar-refractivity contribution in [3.63, 3.8) is 0 Å². The highest BCUT2D eigenvalue weighted by Crippen LogP contribution is 2.28. The maximum Gasteiger partial charge on any atom is 0.373 e. The number of rotatable bonds is 9. The van der Waals surface area contributed by atoms with E-state index in [2.05, 4.69) is 10.1 Å². The van der Waals surface area contributed by atoms with Gasteiger partial charge in [0.05, 0.1) is 8.48 Å². The molecule has 1 heterocycles. The van der Waals surface area contributed by atoms with Gasteiger partial charge in [-0.3, -0.25) is 24.0 Å². The largest absolute Gasteiger partial charge is 0.477 e. The van der Waals surface area contributed by atoms with Crippen molar-refractivity contribution in [2.24, 2.45) is 0 Å². The van der Waals surface area contributed by atoms with Crippen LogP contribution in [0.25, 0.3) is 0 Å². The Balaban J connectivity index is 3.69. The molecule has 1 amide bonds. The van der Waals surface area contributed by atoms with Gasteiger partial charge in [-0.1, -0.05) is 0 Å². The van der Waals surface area contributed by atoms with Crippen LogP contribution in [0, 0.1) is 0 Å². The average molecular weight is 474 g/mol. The molecule has 0 saturated heterocycles. The first-order valence-corrected chi connectivity index (χ1v) is 9.66. The lowest BCUT2D eigenvalue weighted by atomic mass is 9.93. The fraction of sp³-hybridized carbons (Fsp3) is 0.600. The number of esters is 5. The van der Waals surface area contributed by atoms with Crippen molar-refractivity contribution in [3.05, 3.63) is 11.8 Å². The molecule has 0 aliphatic carbocycles. The van der Waals surface area contributed by atoms with Gasteiger partial charge in [0.2, 0.25) is 11.7 Å². The molecule has 184 valence electrons. The molecular formula is C20H27NO12. The molecule has 33 heavy (non-hydrogen) atoms. The lowest BCUT2D eigenvalue weighted by Gasteiger charge is -2.41. The lowest BCUT2D eigenvalue weighted by molar-refractivity contribution is -0.191. The second kappa shape index (κ2) is 12.4. The molecule has 0 aromatic carbocycles. The van der Waals surface area contributed by atoms with E-state index in [1.165, 1.54) is 0 Å². The first-order chi connectivity index (χ1) is 15.8. The average Bonchev–Trinajstić information content (AvgIpc) is 2.71. The third-order valence-electron chi connectivity index (χ3n) is 4.00. The van der Waals surface area contributed by atoms with Crippen LogP contribution in [0.4, 0.5) is 0 Å². The maximum atomic E-state index is 12.3. The Labute approximate surface area is 191 Å². The summed E-state index contributed by atoms with van der Waals surface area (Å²) in [5.74, 6) is -5.83. The molecular weight excluding hydrogens is 446 g/mol. The molecule has 1 N–H and O–H groups in total. The number of methoxy groups -OCH3 is 1. The molecule has 0 spiro atoms. The van der Waals surface area contributed by atoms with Gasteiger partial charge < -0.3 is 33.7 Å². The molecule has 13 nitrogen and oxygen atoms in total. The molecule has 0 fully saturated rings. The van der Waals surface area contributed by atoms with E-state index < -0.39 is 84.6 Å². The van der Waals surface area contributed by atoms with E-state index in [9.17, 15) is 28.8 Å². The van der Waals surface area contributed by atoms with Crippen molar-refractivity contribution >= 4 is 35.8 Å². The Bertz CT molecular complexity index is 870. The van der Waals surface area contributed by atoms with Gasteiger partial charge in [0, 0.05) is 40.7 Å². The summed E-state index contributed by atoms with van der Waals surface area (Å²) in [7, 11) is 1.01. The Kier molecular flexibility index (Phi) is 9.63. The van der Waals surface area contributed by atoms with E-state index >= 15 is 0 Å². The van der Waals surface area contributed by atoms with Gasteiger partial charge in [-0.05, 0) is 0 Å². The fourth-order valence-corrected chi connectivity index (χ4v) is 2.93. The predicted octanol–water partition coefficient (Wildman–Crippen LogP) is -0.695. The molecule has 1 aliphatic rings. The molecule has 5 atom stereocenters. The fourth-order valence-electron chi connectivity index (χ4n) is 2.93. The summed E-state index contributed by atoms with van der Waals surface area (Å²) in [5, 5.41) is 2.44. The van der Waals surface area contributed by atoms with Gasteiger partial charge in [0.1, 0.15) is 18.8 Å². The van der Waals surface area contributed by atoms with Crippen LogP contribution in [0.3, 0.4) is 0 Å². The number of amides is 1. The Hall–Kier alpha value is -3.64. The van der Waals surface area contributed by atoms with Crippen LogP contribution in [0.1, 0.15) is 36.0 Å². The molecule has 1 aliphatic heterocycles. The number of carbonyl (C=O) groups excluding carboxylic acids is 6. The van der Waals surface area contributed by atoms with E-state index in [1.807, 2.05) is 0 Å². The third kappa shape index (κ3) is 8.79. The minimum atomic E-state index is -1.61. The maximum absolute atomic E-state index is 12.3. The standard InChI is InChI=1S/C20H27NO12/c1-9(22)21-17-14(30-11(3)24)7-15(20(27)28-6)33-19(17)18(32-13(5)26)16(31-12(4)25)8-29-10(2)23/h7,14,16-19H,8H2,1-6H3,(H,21,22)/t14-,16+,17+,18+,19+/m0/s1/i7D. The minimum Gasteiger partial charge on any atom is -0.477 e. The van der Waals surface area contributed by atoms with Gasteiger partial charge in [0.15, 0.2) is 18.3 Å². The summed E-state index contributed by atoms with van der Waals surface area (Å²) in [6.07, 6.45) is -6.24. The monoisotopic (exact) mass is 474 g/mol. The Morgan fingerprint density at radius 3 is 2.06 bits per heavy atom. The van der Waals surface area contributed by atoms with Gasteiger partial charge in [-0.15, -0.1) is 0 Å². The molecule has 1 rings (SSSR count). The number of ether oxygens (including phenoxy) is 6. The van der Waals surface area contributed by atoms with Crippen LogP contribution in [-0.4, -0.2) is 79.9 Å². The zero-order valence-electron chi connectivity index (χ0n) is 20.0. The third-order valence-corrected chi connectivity index (χ3v) is 4.00. The zero-order chi connectivity index (χ0) is 26.2. The first kappa shape index (κ1) is 25.6. The van der Waals surface area contributed by atoms with E-state index in [1.54, 1.807) is 0 Å². The molecule has 0 saturated carbocycles. The zero-order valence-corrected chi connectivity index (χ0v) is 19.0. The molecule has 0 radical (unpaired) electrons. The topological polar surface area (TPSA) is 170 Å². The summed E-state index contributed by atoms with van der Waals surface area (Å²) in [5.41, 5.74) is 0. The quantitative estimate of drug-likeness (QED) is 0.330. The number of hydrogen-bond acceptors (Lipinski definition) is 12. The molecule has 0 aromatic rings. The summed E-state index contributed by atoms with van der Waals surface area (Å²) in [6.45, 7) is 4.71. The van der Waals surface area contributed by atoms with Gasteiger partial charge in [-0.2, -0.15) is 0 Å². The second-order valence-corrected chi connectivity index (χ2v) is 6.83. The Morgan fingerprint density at radius 2 is 1.61 bits per heavy atom. The number of nitrogens with one attached hydrogen (secondary N) is 1. The van der Waals surface area contributed by atoms with Crippen LogP contribution in [0.2, 0.25) is 0 Å². The van der Waals surface area contributed by atoms with E-state index in [-0.39, 0.29) is 0 Å². The van der Waals surface area contributed by atoms with Crippen molar-refractivity contribution in [3.8, 4) is 0 Å². The van der Waals surface area contributed by atoms with E-state index in [4.69, 9.17) is 25.1 Å². The summed E-state index contributed by atoms with van der Waals surface area (Å²) >= 11 is 0. The highest BCUT2D eigenvalue weighted by Gasteiger charge is 2.49. The van der Waals surface area contributed by atoms with E-state index in [0.29, 0.717) is 0 Å². The predicted molar refractivity (Wildman–Crippen MR) is 106 cm³/mol. The number of carbonyl (C=O) groups is 6. The van der Waals surface area contributed by atoms with Crippen LogP contribution in [-0.2, 0) is 57.2 Å². The molecule has 0 aromatic heterocycles. The lowest BCUT2D eigenvalue weighted by Crippen LogP contribution is -2.62. The van der Waals surface area contributed by atoms with Crippen molar-refractivity contribution in [1.29, 1.82) is 0 Å². The van der Waals surface area contributed by atoms with E-state index in [0.717, 1.165) is 41.7 Å². The van der Waals surface area contributed by atoms with Gasteiger partial charge in [-0.25, -0.2) is 4.79 Å². The van der Waals surface area contributed by atoms with Crippen LogP contribution in [0.5, 0.6) is 0 Å². The molecule has 0 bridgehead atoms. The highest BCUT2D eigenvalue weighted by molar-refractivity contribution is 5.86. The van der Waals surface area contributed by atoms with Gasteiger partial charge >= 0.3 is 29.8 Å². The second-order valence-electron chi connectivity index (χ2n) is 6.83. The van der Waals surface area contributed by atoms with Crippen molar-refractivity contribution in [1.82, 2.24) is 5.32 Å². The first-order valence-electron chi connectivity index (χ1n) is 10.2. The number of hydrogen-bond donors (Lipinski definition) is 1. The van der Waals surface area contributed by atoms with Gasteiger partial charge in [0.25, 0.3) is 0 Å². The van der Waals surface area contributed by atoms with Crippen molar-refractivity contribution in [2.45, 2.75) is 65.1 Å². The smallest absolute Gasteiger partial charge is 0.373 e. The van der Waals surface area contributed by atoms with Crippen LogP contribution in [0.15, 0.2) is 11.8 Å². The molecule has 13 heteroatoms. The van der Waals surface area contributed by atoms with Crippen molar-refractivity contribution in [2.75, 3.05) is 13.7 Å². The summed E-state index contributed by atoms with van der Waals surface area (Å²) < 4.78 is 39.0. The molecule has 0 unspecified atom stereocenters. The normalized spacial score (nSPS) is 21.9. The summed E-state index contributed by atoms with van der Waals surface area (Å²) in [4.78, 5) is 70.9. The highest BCUT2D eigenvalue weighted by atomic mass is 16.6. The van der Waals surface area contributed by atoms with Crippen LogP contribution >= 0.6 is 0 Å². The Morgan fingerprint density at radius 1 is 1.00 bits per heavy atom. The van der Waals surface area contributed by atoms with Crippen molar-refractivity contribution < 1.29 is 58.6 Å².